The Bertz CT molecular complexity index is 309. The fraction of sp³-hybridized carbons (Fsp3) is 0.667. The van der Waals surface area contributed by atoms with Crippen LogP contribution >= 0.6 is 27.6 Å². The van der Waals surface area contributed by atoms with Crippen LogP contribution in [0.3, 0.4) is 0 Å². The summed E-state index contributed by atoms with van der Waals surface area (Å²) in [6.45, 7) is 0. The Morgan fingerprint density at radius 1 is 1.13 bits per heavy atom. The van der Waals surface area contributed by atoms with Gasteiger partial charge in [-0.1, -0.05) is 0 Å². The molecule has 0 fully saturated rings. The molecule has 0 aromatic rings. The van der Waals surface area contributed by atoms with Crippen molar-refractivity contribution < 1.29 is 38.6 Å². The summed E-state index contributed by atoms with van der Waals surface area (Å²) in [6.07, 6.45) is -1.53. The molecule has 7 N–H and O–H groups in total. The van der Waals surface area contributed by atoms with E-state index >= 15 is 0 Å². The summed E-state index contributed by atoms with van der Waals surface area (Å²) in [6, 6.07) is 0. The molecule has 0 amide bonds. The highest BCUT2D eigenvalue weighted by Crippen LogP contribution is 2.67. The van der Waals surface area contributed by atoms with Gasteiger partial charge in [0.2, 0.25) is 5.02 Å². The maximum Gasteiger partial charge on any atom is 0.358 e. The molecule has 0 aliphatic carbocycles. The number of hydrogen-bond acceptors (Lipinski definition) is 4. The van der Waals surface area contributed by atoms with Gasteiger partial charge < -0.3 is 30.4 Å². The lowest BCUT2D eigenvalue weighted by Gasteiger charge is -2.28. The monoisotopic (exact) mass is 285 g/mol. The van der Waals surface area contributed by atoms with E-state index in [2.05, 4.69) is 0 Å². The van der Waals surface area contributed by atoms with Crippen LogP contribution in [0.1, 0.15) is 6.42 Å². The van der Waals surface area contributed by atoms with E-state index in [9.17, 15) is 13.9 Å². The van der Waals surface area contributed by atoms with Gasteiger partial charge in [-0.15, -0.1) is 12.4 Å². The predicted molar refractivity (Wildman–Crippen MR) is 50.5 cm³/mol. The van der Waals surface area contributed by atoms with E-state index in [4.69, 9.17) is 30.4 Å². The Morgan fingerprint density at radius 2 is 1.40 bits per heavy atom. The molecule has 0 aromatic carbocycles. The molecule has 15 heavy (non-hydrogen) atoms. The van der Waals surface area contributed by atoms with Crippen molar-refractivity contribution >= 4 is 33.6 Å². The lowest BCUT2D eigenvalue weighted by Crippen LogP contribution is -2.41. The Balaban J connectivity index is 0. The quantitative estimate of drug-likeness (QED) is 0.348. The van der Waals surface area contributed by atoms with Crippen molar-refractivity contribution in [3.63, 3.8) is 0 Å². The van der Waals surface area contributed by atoms with Crippen LogP contribution in [0.15, 0.2) is 0 Å². The second-order valence-corrected chi connectivity index (χ2v) is 6.66. The molecule has 12 heteroatoms. The molecule has 0 aliphatic rings. The van der Waals surface area contributed by atoms with E-state index in [1.807, 2.05) is 0 Å². The van der Waals surface area contributed by atoms with Gasteiger partial charge in [0.25, 0.3) is 0 Å². The largest absolute Gasteiger partial charge is 0.481 e. The zero-order chi connectivity index (χ0) is 11.8. The van der Waals surface area contributed by atoms with Crippen molar-refractivity contribution in [3.05, 3.63) is 0 Å². The zero-order valence-electron chi connectivity index (χ0n) is 7.05. The first-order valence-corrected chi connectivity index (χ1v) is 6.26. The van der Waals surface area contributed by atoms with Gasteiger partial charge in [0.15, 0.2) is 0 Å². The van der Waals surface area contributed by atoms with E-state index < -0.39 is 32.6 Å². The van der Waals surface area contributed by atoms with Crippen molar-refractivity contribution in [3.8, 4) is 0 Å². The van der Waals surface area contributed by atoms with Crippen LogP contribution in [0.2, 0.25) is 0 Å². The van der Waals surface area contributed by atoms with Gasteiger partial charge in [-0.2, -0.15) is 0 Å². The number of carbonyl (C=O) groups is 1. The standard InChI is InChI=1S/C3H9NO8P2.ClH/c4-3(1-2(5)6,13(7,8)9)14(10,11)12;/h1,4H2,(H,5,6)(H2,7,8,9)(H2,10,11,12);1H. The first kappa shape index (κ1) is 17.4. The van der Waals surface area contributed by atoms with E-state index in [0.29, 0.717) is 0 Å². The van der Waals surface area contributed by atoms with Gasteiger partial charge in [0.05, 0.1) is 6.42 Å². The average Bonchev–Trinajstić information content (AvgIpc) is 1.79. The lowest BCUT2D eigenvalue weighted by molar-refractivity contribution is -0.137. The summed E-state index contributed by atoms with van der Waals surface area (Å²) >= 11 is 0. The smallest absolute Gasteiger partial charge is 0.358 e. The Morgan fingerprint density at radius 3 is 1.47 bits per heavy atom. The van der Waals surface area contributed by atoms with E-state index in [1.165, 1.54) is 0 Å². The summed E-state index contributed by atoms with van der Waals surface area (Å²) < 4.78 is 21.3. The molecule has 0 aliphatic heterocycles. The third-order valence-electron chi connectivity index (χ3n) is 1.42. The number of aliphatic carboxylic acids is 1. The first-order valence-electron chi connectivity index (χ1n) is 3.04. The number of nitrogens with two attached hydrogens (primary N) is 1. The Kier molecular flexibility index (Phi) is 5.69. The molecular formula is C3H10ClNO8P2. The molecule has 0 aromatic heterocycles. The molecule has 9 nitrogen and oxygen atoms in total. The van der Waals surface area contributed by atoms with Gasteiger partial charge in [-0.05, 0) is 0 Å². The molecule has 92 valence electrons. The minimum Gasteiger partial charge on any atom is -0.481 e. The highest BCUT2D eigenvalue weighted by atomic mass is 35.5. The number of halogens is 1. The normalized spacial score (nSPS) is 13.1. The maximum absolute atomic E-state index is 10.6. The molecule has 0 rings (SSSR count). The van der Waals surface area contributed by atoms with Crippen LogP contribution in [0.4, 0.5) is 0 Å². The predicted octanol–water partition coefficient (Wildman–Crippen LogP) is -1.15. The Labute approximate surface area is 90.0 Å². The van der Waals surface area contributed by atoms with Crippen LogP contribution in [0.25, 0.3) is 0 Å². The van der Waals surface area contributed by atoms with Gasteiger partial charge >= 0.3 is 21.2 Å². The molecule has 0 heterocycles. The third-order valence-corrected chi connectivity index (χ3v) is 5.32. The molecule has 0 atom stereocenters. The van der Waals surface area contributed by atoms with Gasteiger partial charge in [0, 0.05) is 0 Å². The summed E-state index contributed by atoms with van der Waals surface area (Å²) in [4.78, 5) is 44.3. The van der Waals surface area contributed by atoms with Gasteiger partial charge in [0.1, 0.15) is 0 Å². The summed E-state index contributed by atoms with van der Waals surface area (Å²) in [5, 5.41) is 4.84. The van der Waals surface area contributed by atoms with Gasteiger partial charge in [-0.3, -0.25) is 13.9 Å². The van der Waals surface area contributed by atoms with Crippen molar-refractivity contribution in [2.24, 2.45) is 5.73 Å². The van der Waals surface area contributed by atoms with Crippen LogP contribution in [0.5, 0.6) is 0 Å². The van der Waals surface area contributed by atoms with Crippen molar-refractivity contribution in [1.29, 1.82) is 0 Å². The molecule has 0 spiro atoms. The topological polar surface area (TPSA) is 178 Å². The van der Waals surface area contributed by atoms with Crippen LogP contribution in [0, 0.1) is 0 Å². The van der Waals surface area contributed by atoms with E-state index in [1.54, 1.807) is 0 Å². The Hall–Kier alpha value is 0.0200. The molecule has 0 saturated carbocycles. The van der Waals surface area contributed by atoms with Crippen LogP contribution in [-0.2, 0) is 13.9 Å². The summed E-state index contributed by atoms with van der Waals surface area (Å²) in [5.74, 6) is -1.82. The average molecular weight is 286 g/mol. The molecule has 0 bridgehead atoms. The molecule has 0 radical (unpaired) electrons. The molecule has 0 unspecified atom stereocenters. The lowest BCUT2D eigenvalue weighted by atomic mass is 10.4. The summed E-state index contributed by atoms with van der Waals surface area (Å²) in [7, 11) is -10.9. The van der Waals surface area contributed by atoms with Crippen molar-refractivity contribution in [2.75, 3.05) is 0 Å². The second kappa shape index (κ2) is 4.90. The fourth-order valence-corrected chi connectivity index (χ4v) is 2.64. The number of carboxylic acid groups (broad SMARTS) is 1. The number of rotatable bonds is 4. The maximum atomic E-state index is 10.6. The minimum atomic E-state index is -5.43. The third kappa shape index (κ3) is 3.82. The fourth-order valence-electron chi connectivity index (χ4n) is 0.598. The first-order chi connectivity index (χ1) is 5.92. The highest BCUT2D eigenvalue weighted by Gasteiger charge is 2.58. The van der Waals surface area contributed by atoms with Crippen molar-refractivity contribution in [2.45, 2.75) is 11.4 Å². The highest BCUT2D eigenvalue weighted by molar-refractivity contribution is 7.72. The van der Waals surface area contributed by atoms with Crippen LogP contribution < -0.4 is 5.73 Å². The van der Waals surface area contributed by atoms with E-state index in [0.717, 1.165) is 0 Å². The van der Waals surface area contributed by atoms with E-state index in [-0.39, 0.29) is 12.4 Å². The number of carboxylic acids is 1. The molecular weight excluding hydrogens is 275 g/mol. The van der Waals surface area contributed by atoms with Crippen LogP contribution in [-0.4, -0.2) is 35.7 Å². The van der Waals surface area contributed by atoms with Gasteiger partial charge in [-0.25, -0.2) is 0 Å². The summed E-state index contributed by atoms with van der Waals surface area (Å²) in [5.41, 5.74) is 4.75. The second-order valence-electron chi connectivity index (χ2n) is 2.54. The minimum absolute atomic E-state index is 0. The zero-order valence-corrected chi connectivity index (χ0v) is 9.65. The molecule has 0 saturated heterocycles. The van der Waals surface area contributed by atoms with Crippen molar-refractivity contribution in [1.82, 2.24) is 0 Å². The number of hydrogen-bond donors (Lipinski definition) is 6. The SMILES string of the molecule is Cl.NC(CC(=O)O)(P(=O)(O)O)P(=O)(O)O.